The van der Waals surface area contributed by atoms with E-state index in [0.29, 0.717) is 30.7 Å². The maximum absolute atomic E-state index is 12.7. The second kappa shape index (κ2) is 10.9. The third-order valence-electron chi connectivity index (χ3n) is 5.78. The van der Waals surface area contributed by atoms with E-state index in [0.717, 1.165) is 25.7 Å². The maximum Gasteiger partial charge on any atom is 0.317 e. The van der Waals surface area contributed by atoms with E-state index in [9.17, 15) is 14.7 Å². The van der Waals surface area contributed by atoms with E-state index < -0.39 is 12.1 Å². The number of nitrogens with one attached hydrogen (secondary N) is 2. The van der Waals surface area contributed by atoms with E-state index in [2.05, 4.69) is 16.6 Å². The molecule has 7 heteroatoms. The fourth-order valence-corrected chi connectivity index (χ4v) is 4.06. The number of ether oxygens (including phenoxy) is 1. The topological polar surface area (TPSA) is 90.9 Å². The van der Waals surface area contributed by atoms with Crippen molar-refractivity contribution in [2.45, 2.75) is 63.1 Å². The third kappa shape index (κ3) is 6.14. The summed E-state index contributed by atoms with van der Waals surface area (Å²) in [6.45, 7) is 1.02. The minimum absolute atomic E-state index is 0.106. The lowest BCUT2D eigenvalue weighted by Crippen LogP contribution is -2.53. The predicted molar refractivity (Wildman–Crippen MR) is 114 cm³/mol. The van der Waals surface area contributed by atoms with Crippen molar-refractivity contribution in [3.8, 4) is 18.1 Å². The SMILES string of the molecule is C#CCOc1ccc(C(=O)NC2CN(C(=O)NC3CCCCC3)CCCC2O)cc1. The highest BCUT2D eigenvalue weighted by Crippen LogP contribution is 2.19. The van der Waals surface area contributed by atoms with Gasteiger partial charge in [-0.1, -0.05) is 25.2 Å². The van der Waals surface area contributed by atoms with Crippen LogP contribution in [-0.4, -0.2) is 59.8 Å². The molecule has 1 aliphatic heterocycles. The molecule has 3 N–H and O–H groups in total. The molecule has 3 amide bonds. The number of carbonyl (C=O) groups excluding carboxylic acids is 2. The quantitative estimate of drug-likeness (QED) is 0.646. The molecular formula is C23H31N3O4. The van der Waals surface area contributed by atoms with Crippen LogP contribution in [0.1, 0.15) is 55.3 Å². The van der Waals surface area contributed by atoms with Crippen LogP contribution in [0, 0.1) is 12.3 Å². The molecule has 2 fully saturated rings. The molecular weight excluding hydrogens is 382 g/mol. The Balaban J connectivity index is 1.58. The Bertz CT molecular complexity index is 753. The van der Waals surface area contributed by atoms with Crippen LogP contribution in [0.5, 0.6) is 5.75 Å². The molecule has 0 bridgehead atoms. The van der Waals surface area contributed by atoms with Gasteiger partial charge in [-0.3, -0.25) is 4.79 Å². The van der Waals surface area contributed by atoms with Crippen LogP contribution in [0.15, 0.2) is 24.3 Å². The van der Waals surface area contributed by atoms with Crippen molar-refractivity contribution < 1.29 is 19.4 Å². The Morgan fingerprint density at radius 2 is 1.83 bits per heavy atom. The Morgan fingerprint density at radius 3 is 2.53 bits per heavy atom. The molecule has 2 unspecified atom stereocenters. The number of carbonyl (C=O) groups is 2. The molecule has 3 rings (SSSR count). The summed E-state index contributed by atoms with van der Waals surface area (Å²) in [7, 11) is 0. The van der Waals surface area contributed by atoms with E-state index in [1.165, 1.54) is 6.42 Å². The van der Waals surface area contributed by atoms with Gasteiger partial charge < -0.3 is 25.4 Å². The fraction of sp³-hybridized carbons (Fsp3) is 0.565. The van der Waals surface area contributed by atoms with Crippen molar-refractivity contribution in [2.75, 3.05) is 19.7 Å². The van der Waals surface area contributed by atoms with E-state index in [1.807, 2.05) is 0 Å². The van der Waals surface area contributed by atoms with Crippen LogP contribution in [0.3, 0.4) is 0 Å². The molecule has 162 valence electrons. The number of rotatable bonds is 5. The first-order valence-electron chi connectivity index (χ1n) is 10.8. The number of amides is 3. The van der Waals surface area contributed by atoms with Crippen molar-refractivity contribution in [1.29, 1.82) is 0 Å². The summed E-state index contributed by atoms with van der Waals surface area (Å²) in [5, 5.41) is 16.5. The van der Waals surface area contributed by atoms with Gasteiger partial charge in [0.05, 0.1) is 12.1 Å². The molecule has 2 aliphatic rings. The summed E-state index contributed by atoms with van der Waals surface area (Å²) in [5.74, 6) is 2.68. The Morgan fingerprint density at radius 1 is 1.10 bits per heavy atom. The second-order valence-electron chi connectivity index (χ2n) is 8.04. The molecule has 1 aromatic carbocycles. The summed E-state index contributed by atoms with van der Waals surface area (Å²) >= 11 is 0. The number of benzene rings is 1. The van der Waals surface area contributed by atoms with Crippen molar-refractivity contribution >= 4 is 11.9 Å². The van der Waals surface area contributed by atoms with E-state index in [-0.39, 0.29) is 31.1 Å². The highest BCUT2D eigenvalue weighted by molar-refractivity contribution is 5.94. The smallest absolute Gasteiger partial charge is 0.317 e. The zero-order valence-corrected chi connectivity index (χ0v) is 17.3. The molecule has 1 saturated heterocycles. The summed E-state index contributed by atoms with van der Waals surface area (Å²) in [6, 6.07) is 6.26. The third-order valence-corrected chi connectivity index (χ3v) is 5.78. The van der Waals surface area contributed by atoms with Crippen LogP contribution in [0.4, 0.5) is 4.79 Å². The van der Waals surface area contributed by atoms with Gasteiger partial charge >= 0.3 is 6.03 Å². The van der Waals surface area contributed by atoms with Crippen LogP contribution >= 0.6 is 0 Å². The number of urea groups is 1. The lowest BCUT2D eigenvalue weighted by molar-refractivity contribution is 0.0808. The molecule has 0 aromatic heterocycles. The predicted octanol–water partition coefficient (Wildman–Crippen LogP) is 2.30. The lowest BCUT2D eigenvalue weighted by Gasteiger charge is -2.30. The summed E-state index contributed by atoms with van der Waals surface area (Å²) < 4.78 is 5.32. The minimum atomic E-state index is -0.695. The molecule has 1 saturated carbocycles. The molecule has 7 nitrogen and oxygen atoms in total. The first-order chi connectivity index (χ1) is 14.6. The van der Waals surface area contributed by atoms with Crippen LogP contribution in [0.2, 0.25) is 0 Å². The van der Waals surface area contributed by atoms with Crippen LogP contribution < -0.4 is 15.4 Å². The average molecular weight is 414 g/mol. The van der Waals surface area contributed by atoms with E-state index >= 15 is 0 Å². The summed E-state index contributed by atoms with van der Waals surface area (Å²) in [4.78, 5) is 27.1. The number of hydrogen-bond acceptors (Lipinski definition) is 4. The molecule has 1 aromatic rings. The highest BCUT2D eigenvalue weighted by atomic mass is 16.5. The fourth-order valence-electron chi connectivity index (χ4n) is 4.06. The maximum atomic E-state index is 12.7. The van der Waals surface area contributed by atoms with Crippen molar-refractivity contribution in [2.24, 2.45) is 0 Å². The van der Waals surface area contributed by atoms with Crippen LogP contribution in [0.25, 0.3) is 0 Å². The Hall–Kier alpha value is -2.72. The van der Waals surface area contributed by atoms with Gasteiger partial charge in [0.2, 0.25) is 0 Å². The van der Waals surface area contributed by atoms with Gasteiger partial charge in [0.25, 0.3) is 5.91 Å². The number of likely N-dealkylation sites (tertiary alicyclic amines) is 1. The number of nitrogens with zero attached hydrogens (tertiary/aromatic N) is 1. The van der Waals surface area contributed by atoms with E-state index in [1.54, 1.807) is 29.2 Å². The number of hydrogen-bond donors (Lipinski definition) is 3. The lowest BCUT2D eigenvalue weighted by atomic mass is 9.96. The van der Waals surface area contributed by atoms with E-state index in [4.69, 9.17) is 11.2 Å². The minimum Gasteiger partial charge on any atom is -0.481 e. The zero-order valence-electron chi connectivity index (χ0n) is 17.3. The second-order valence-corrected chi connectivity index (χ2v) is 8.04. The highest BCUT2D eigenvalue weighted by Gasteiger charge is 2.30. The van der Waals surface area contributed by atoms with Crippen LogP contribution in [-0.2, 0) is 0 Å². The largest absolute Gasteiger partial charge is 0.481 e. The van der Waals surface area contributed by atoms with Gasteiger partial charge in [0.1, 0.15) is 12.4 Å². The molecule has 0 spiro atoms. The molecule has 1 aliphatic carbocycles. The van der Waals surface area contributed by atoms with Gasteiger partial charge in [-0.05, 0) is 49.9 Å². The van der Waals surface area contributed by atoms with Crippen molar-refractivity contribution in [3.63, 3.8) is 0 Å². The van der Waals surface area contributed by atoms with Crippen molar-refractivity contribution in [1.82, 2.24) is 15.5 Å². The average Bonchev–Trinajstić information content (AvgIpc) is 2.95. The standard InChI is InChI=1S/C23H31N3O4/c1-2-15-30-19-12-10-17(11-13-19)22(28)25-20-16-26(14-6-9-21(20)27)23(29)24-18-7-4-3-5-8-18/h1,10-13,18,20-21,27H,3-9,14-16H2,(H,24,29)(H,25,28). The van der Waals surface area contributed by atoms with Gasteiger partial charge in [-0.2, -0.15) is 0 Å². The summed E-state index contributed by atoms with van der Waals surface area (Å²) in [5.41, 5.74) is 0.456. The number of aliphatic hydroxyl groups is 1. The molecule has 2 atom stereocenters. The number of aliphatic hydroxyl groups excluding tert-OH is 1. The molecule has 30 heavy (non-hydrogen) atoms. The van der Waals surface area contributed by atoms with Gasteiger partial charge in [-0.25, -0.2) is 4.79 Å². The first-order valence-corrected chi connectivity index (χ1v) is 10.8. The molecule has 1 heterocycles. The van der Waals surface area contributed by atoms with Gasteiger partial charge in [0, 0.05) is 24.7 Å². The van der Waals surface area contributed by atoms with Gasteiger partial charge in [0.15, 0.2) is 0 Å². The monoisotopic (exact) mass is 413 g/mol. The van der Waals surface area contributed by atoms with Crippen molar-refractivity contribution in [3.05, 3.63) is 29.8 Å². The number of terminal acetylenes is 1. The molecule has 0 radical (unpaired) electrons. The normalized spacial score (nSPS) is 22.5. The Kier molecular flexibility index (Phi) is 7.97. The van der Waals surface area contributed by atoms with Gasteiger partial charge in [-0.15, -0.1) is 6.42 Å². The summed E-state index contributed by atoms with van der Waals surface area (Å²) in [6.07, 6.45) is 11.3. The zero-order chi connectivity index (χ0) is 21.3. The Labute approximate surface area is 178 Å². The first kappa shape index (κ1) is 22.0.